The highest BCUT2D eigenvalue weighted by Gasteiger charge is 2.28. The molecule has 0 saturated carbocycles. The van der Waals surface area contributed by atoms with Crippen molar-refractivity contribution in [3.05, 3.63) is 0 Å². The van der Waals surface area contributed by atoms with Crippen molar-refractivity contribution in [3.63, 3.8) is 0 Å². The fourth-order valence-corrected chi connectivity index (χ4v) is 2.60. The lowest BCUT2D eigenvalue weighted by molar-refractivity contribution is -0.121. The molecule has 0 fully saturated rings. The Hall–Kier alpha value is -0.620. The molecule has 5 nitrogen and oxygen atoms in total. The zero-order valence-corrected chi connectivity index (χ0v) is 11.9. The van der Waals surface area contributed by atoms with Crippen LogP contribution < -0.4 is 11.1 Å². The fourth-order valence-electron chi connectivity index (χ4n) is 1.15. The van der Waals surface area contributed by atoms with Gasteiger partial charge >= 0.3 is 0 Å². The monoisotopic (exact) mass is 264 g/mol. The van der Waals surface area contributed by atoms with Gasteiger partial charge in [0.25, 0.3) is 0 Å². The van der Waals surface area contributed by atoms with E-state index in [2.05, 4.69) is 5.32 Å². The van der Waals surface area contributed by atoms with Crippen LogP contribution in [0.25, 0.3) is 0 Å². The van der Waals surface area contributed by atoms with Crippen molar-refractivity contribution >= 4 is 15.7 Å². The molecule has 0 saturated heterocycles. The van der Waals surface area contributed by atoms with Gasteiger partial charge in [-0.1, -0.05) is 6.92 Å². The van der Waals surface area contributed by atoms with Gasteiger partial charge in [-0.25, -0.2) is 8.42 Å². The second-order valence-corrected chi connectivity index (χ2v) is 7.03. The second kappa shape index (κ2) is 6.96. The molecule has 0 aromatic carbocycles. The minimum Gasteiger partial charge on any atom is -0.353 e. The van der Waals surface area contributed by atoms with Gasteiger partial charge in [0.05, 0.1) is 5.75 Å². The third kappa shape index (κ3) is 6.02. The molecule has 102 valence electrons. The molecule has 3 atom stereocenters. The van der Waals surface area contributed by atoms with Crippen LogP contribution in [0.4, 0.5) is 0 Å². The number of hydrogen-bond acceptors (Lipinski definition) is 4. The Morgan fingerprint density at radius 2 is 1.82 bits per heavy atom. The van der Waals surface area contributed by atoms with Gasteiger partial charge in [0, 0.05) is 12.1 Å². The lowest BCUT2D eigenvalue weighted by Crippen LogP contribution is -2.43. The predicted molar refractivity (Wildman–Crippen MR) is 69.4 cm³/mol. The standard InChI is InChI=1S/C11H24N2O3S/c1-5-9(3)13-11(14)10(4)17(15,16)7-6-8(2)12/h8-10H,5-7,12H2,1-4H3,(H,13,14). The molecular weight excluding hydrogens is 240 g/mol. The highest BCUT2D eigenvalue weighted by atomic mass is 32.2. The second-order valence-electron chi connectivity index (χ2n) is 4.59. The van der Waals surface area contributed by atoms with E-state index in [-0.39, 0.29) is 17.8 Å². The van der Waals surface area contributed by atoms with Crippen molar-refractivity contribution in [2.75, 3.05) is 5.75 Å². The zero-order valence-electron chi connectivity index (χ0n) is 11.1. The maximum absolute atomic E-state index is 11.8. The highest BCUT2D eigenvalue weighted by molar-refractivity contribution is 7.92. The number of sulfone groups is 1. The van der Waals surface area contributed by atoms with Crippen LogP contribution in [0.3, 0.4) is 0 Å². The Kier molecular flexibility index (Phi) is 6.70. The predicted octanol–water partition coefficient (Wildman–Crippen LogP) is 0.442. The van der Waals surface area contributed by atoms with Crippen LogP contribution in [-0.2, 0) is 14.6 Å². The average Bonchev–Trinajstić information content (AvgIpc) is 2.25. The Labute approximate surface area is 104 Å². The number of nitrogens with two attached hydrogens (primary N) is 1. The smallest absolute Gasteiger partial charge is 0.238 e. The maximum atomic E-state index is 11.8. The molecule has 0 aliphatic heterocycles. The van der Waals surface area contributed by atoms with Gasteiger partial charge in [-0.2, -0.15) is 0 Å². The van der Waals surface area contributed by atoms with E-state index >= 15 is 0 Å². The van der Waals surface area contributed by atoms with Crippen molar-refractivity contribution in [2.45, 2.75) is 57.9 Å². The summed E-state index contributed by atoms with van der Waals surface area (Å²) in [5.74, 6) is -0.469. The molecule has 6 heteroatoms. The minimum atomic E-state index is -3.40. The molecule has 0 aromatic heterocycles. The van der Waals surface area contributed by atoms with Gasteiger partial charge in [0.2, 0.25) is 5.91 Å². The topological polar surface area (TPSA) is 89.3 Å². The van der Waals surface area contributed by atoms with Crippen LogP contribution in [0.15, 0.2) is 0 Å². The Bertz CT molecular complexity index is 339. The van der Waals surface area contributed by atoms with E-state index in [1.54, 1.807) is 6.92 Å². The molecular formula is C11H24N2O3S. The zero-order chi connectivity index (χ0) is 13.6. The molecule has 3 N–H and O–H groups in total. The van der Waals surface area contributed by atoms with Gasteiger partial charge in [0.1, 0.15) is 5.25 Å². The van der Waals surface area contributed by atoms with Crippen molar-refractivity contribution < 1.29 is 13.2 Å². The van der Waals surface area contributed by atoms with Gasteiger partial charge in [0.15, 0.2) is 9.84 Å². The number of carbonyl (C=O) groups is 1. The Morgan fingerprint density at radius 3 is 2.24 bits per heavy atom. The molecule has 0 aliphatic rings. The Balaban J connectivity index is 4.46. The van der Waals surface area contributed by atoms with Crippen LogP contribution >= 0.6 is 0 Å². The summed E-state index contributed by atoms with van der Waals surface area (Å²) in [6.07, 6.45) is 1.15. The SMILES string of the molecule is CCC(C)NC(=O)C(C)S(=O)(=O)CCC(C)N. The van der Waals surface area contributed by atoms with Crippen LogP contribution in [-0.4, -0.2) is 37.4 Å². The van der Waals surface area contributed by atoms with Crippen LogP contribution in [0.5, 0.6) is 0 Å². The quantitative estimate of drug-likeness (QED) is 0.698. The van der Waals surface area contributed by atoms with Crippen LogP contribution in [0, 0.1) is 0 Å². The van der Waals surface area contributed by atoms with Gasteiger partial charge < -0.3 is 11.1 Å². The van der Waals surface area contributed by atoms with E-state index in [0.717, 1.165) is 6.42 Å². The van der Waals surface area contributed by atoms with Crippen LogP contribution in [0.1, 0.15) is 40.5 Å². The lowest BCUT2D eigenvalue weighted by Gasteiger charge is -2.17. The first-order valence-corrected chi connectivity index (χ1v) is 7.69. The number of nitrogens with one attached hydrogen (secondary N) is 1. The lowest BCUT2D eigenvalue weighted by atomic mass is 10.2. The number of amides is 1. The molecule has 0 heterocycles. The molecule has 0 aromatic rings. The summed E-state index contributed by atoms with van der Waals surface area (Å²) < 4.78 is 23.7. The van der Waals surface area contributed by atoms with Crippen molar-refractivity contribution in [2.24, 2.45) is 5.73 Å². The summed E-state index contributed by atoms with van der Waals surface area (Å²) in [5, 5.41) is 1.67. The van der Waals surface area contributed by atoms with Crippen molar-refractivity contribution in [3.8, 4) is 0 Å². The van der Waals surface area contributed by atoms with Crippen LogP contribution in [0.2, 0.25) is 0 Å². The van der Waals surface area contributed by atoms with Gasteiger partial charge in [-0.05, 0) is 33.6 Å². The molecule has 0 bridgehead atoms. The largest absolute Gasteiger partial charge is 0.353 e. The third-order valence-electron chi connectivity index (χ3n) is 2.77. The van der Waals surface area contributed by atoms with E-state index in [1.165, 1.54) is 6.92 Å². The van der Waals surface area contributed by atoms with Gasteiger partial charge in [-0.3, -0.25) is 4.79 Å². The van der Waals surface area contributed by atoms with E-state index in [1.807, 2.05) is 13.8 Å². The molecule has 0 aliphatic carbocycles. The van der Waals surface area contributed by atoms with Crippen molar-refractivity contribution in [1.82, 2.24) is 5.32 Å². The minimum absolute atomic E-state index is 0.00594. The number of carbonyl (C=O) groups excluding carboxylic acids is 1. The molecule has 3 unspecified atom stereocenters. The van der Waals surface area contributed by atoms with E-state index < -0.39 is 21.0 Å². The van der Waals surface area contributed by atoms with E-state index in [0.29, 0.717) is 6.42 Å². The van der Waals surface area contributed by atoms with E-state index in [9.17, 15) is 13.2 Å². The van der Waals surface area contributed by atoms with E-state index in [4.69, 9.17) is 5.73 Å². The molecule has 0 spiro atoms. The summed E-state index contributed by atoms with van der Waals surface area (Å²) >= 11 is 0. The summed E-state index contributed by atoms with van der Waals surface area (Å²) in [6, 6.07) is -0.178. The van der Waals surface area contributed by atoms with Gasteiger partial charge in [-0.15, -0.1) is 0 Å². The molecule has 17 heavy (non-hydrogen) atoms. The number of rotatable bonds is 7. The third-order valence-corrected chi connectivity index (χ3v) is 4.86. The highest BCUT2D eigenvalue weighted by Crippen LogP contribution is 2.06. The molecule has 0 rings (SSSR count). The molecule has 1 amide bonds. The summed E-state index contributed by atoms with van der Waals surface area (Å²) in [7, 11) is -3.40. The summed E-state index contributed by atoms with van der Waals surface area (Å²) in [5.41, 5.74) is 5.51. The fraction of sp³-hybridized carbons (Fsp3) is 0.909. The normalized spacial score (nSPS) is 17.2. The first kappa shape index (κ1) is 16.4. The first-order valence-electron chi connectivity index (χ1n) is 5.98. The first-order chi connectivity index (χ1) is 7.70. The van der Waals surface area contributed by atoms with Crippen molar-refractivity contribution in [1.29, 1.82) is 0 Å². The molecule has 0 radical (unpaired) electrons. The maximum Gasteiger partial charge on any atom is 0.238 e. The average molecular weight is 264 g/mol. The Morgan fingerprint density at radius 1 is 1.29 bits per heavy atom. The number of hydrogen-bond donors (Lipinski definition) is 2. The summed E-state index contributed by atoms with van der Waals surface area (Å²) in [6.45, 7) is 6.95. The summed E-state index contributed by atoms with van der Waals surface area (Å²) in [4.78, 5) is 11.7.